The van der Waals surface area contributed by atoms with Crippen molar-refractivity contribution >= 4 is 5.90 Å². The Kier molecular flexibility index (Phi) is 6.77. The monoisotopic (exact) mass is 357 g/mol. The van der Waals surface area contributed by atoms with Crippen LogP contribution in [-0.4, -0.2) is 33.8 Å². The first-order chi connectivity index (χ1) is 12.3. The third-order valence-electron chi connectivity index (χ3n) is 4.24. The predicted molar refractivity (Wildman–Crippen MR) is 102 cm³/mol. The molecule has 6 heteroatoms. The second kappa shape index (κ2) is 8.83. The fraction of sp³-hybridized carbons (Fsp3) is 0.550. The molecule has 0 fully saturated rings. The molecule has 2 rings (SSSR count). The van der Waals surface area contributed by atoms with Gasteiger partial charge in [-0.2, -0.15) is 5.10 Å². The van der Waals surface area contributed by atoms with Crippen molar-refractivity contribution in [3.63, 3.8) is 0 Å². The molecule has 0 amide bonds. The molecule has 0 saturated heterocycles. The molecule has 0 aliphatic rings. The van der Waals surface area contributed by atoms with Crippen LogP contribution in [0.2, 0.25) is 0 Å². The maximum atomic E-state index is 12.0. The van der Waals surface area contributed by atoms with Gasteiger partial charge in [0.1, 0.15) is 25.0 Å². The number of rotatable bonds is 8. The fourth-order valence-corrected chi connectivity index (χ4v) is 2.71. The Morgan fingerprint density at radius 2 is 2.08 bits per heavy atom. The summed E-state index contributed by atoms with van der Waals surface area (Å²) in [4.78, 5) is 7.93. The first-order valence-electron chi connectivity index (χ1n) is 9.10. The van der Waals surface area contributed by atoms with Gasteiger partial charge in [0.2, 0.25) is 0 Å². The van der Waals surface area contributed by atoms with Gasteiger partial charge in [-0.15, -0.1) is 0 Å². The van der Waals surface area contributed by atoms with Crippen LogP contribution in [0.5, 0.6) is 5.75 Å². The molecule has 0 atom stereocenters. The fourth-order valence-electron chi connectivity index (χ4n) is 2.71. The standard InChI is InChI=1S/C20H30N4O2/c1-6-16-11-17(20(3,4)5)10-15(2)19(16)26-12-18(25)22-8-7-9-24-14-21-13-23-24/h10-11,13-14H,6-9,12H2,1-5H3,(H,22,25)/p-1. The van der Waals surface area contributed by atoms with Crippen LogP contribution in [0.15, 0.2) is 29.8 Å². The maximum absolute atomic E-state index is 12.0. The number of nitrogens with zero attached hydrogens (tertiary/aromatic N) is 4. The van der Waals surface area contributed by atoms with Crippen molar-refractivity contribution in [2.75, 3.05) is 13.2 Å². The Balaban J connectivity index is 1.94. The van der Waals surface area contributed by atoms with E-state index >= 15 is 0 Å². The smallest absolute Gasteiger partial charge is 0.137 e. The van der Waals surface area contributed by atoms with Gasteiger partial charge in [0.15, 0.2) is 0 Å². The highest BCUT2D eigenvalue weighted by Crippen LogP contribution is 2.31. The summed E-state index contributed by atoms with van der Waals surface area (Å²) in [5.41, 5.74) is 3.56. The first kappa shape index (κ1) is 19.9. The summed E-state index contributed by atoms with van der Waals surface area (Å²) in [6.07, 6.45) is 4.76. The largest absolute Gasteiger partial charge is 0.860 e. The molecule has 0 aliphatic carbocycles. The van der Waals surface area contributed by atoms with Crippen LogP contribution < -0.4 is 9.84 Å². The molecule has 0 aliphatic heterocycles. The van der Waals surface area contributed by atoms with Crippen molar-refractivity contribution in [2.45, 2.75) is 59.4 Å². The molecule has 2 aromatic rings. The molecule has 6 nitrogen and oxygen atoms in total. The Labute approximate surface area is 155 Å². The molecule has 26 heavy (non-hydrogen) atoms. The average molecular weight is 357 g/mol. The van der Waals surface area contributed by atoms with E-state index < -0.39 is 0 Å². The minimum atomic E-state index is -0.232. The number of aromatic nitrogens is 3. The molecular weight excluding hydrogens is 328 g/mol. The second-order valence-electron chi connectivity index (χ2n) is 7.46. The lowest BCUT2D eigenvalue weighted by Crippen LogP contribution is -2.26. The van der Waals surface area contributed by atoms with Gasteiger partial charge >= 0.3 is 0 Å². The van der Waals surface area contributed by atoms with Gasteiger partial charge in [0.25, 0.3) is 0 Å². The molecule has 0 unspecified atom stereocenters. The Morgan fingerprint density at radius 3 is 2.69 bits per heavy atom. The zero-order valence-electron chi connectivity index (χ0n) is 16.5. The van der Waals surface area contributed by atoms with E-state index in [1.54, 1.807) is 11.0 Å². The van der Waals surface area contributed by atoms with Gasteiger partial charge in [-0.05, 0) is 47.8 Å². The van der Waals surface area contributed by atoms with Crippen LogP contribution >= 0.6 is 0 Å². The predicted octanol–water partition coefficient (Wildman–Crippen LogP) is 2.67. The topological polar surface area (TPSA) is 75.4 Å². The molecule has 1 aromatic carbocycles. The molecule has 0 N–H and O–H groups in total. The number of aryl methyl sites for hydroxylation is 3. The summed E-state index contributed by atoms with van der Waals surface area (Å²) in [5.74, 6) is 0.580. The lowest BCUT2D eigenvalue weighted by atomic mass is 9.84. The molecule has 0 radical (unpaired) electrons. The van der Waals surface area contributed by atoms with E-state index in [1.165, 1.54) is 11.9 Å². The van der Waals surface area contributed by atoms with Crippen LogP contribution in [0.25, 0.3) is 0 Å². The summed E-state index contributed by atoms with van der Waals surface area (Å²) in [7, 11) is 0. The van der Waals surface area contributed by atoms with Crippen LogP contribution in [-0.2, 0) is 18.4 Å². The highest BCUT2D eigenvalue weighted by molar-refractivity contribution is 5.73. The van der Waals surface area contributed by atoms with Crippen LogP contribution in [0, 0.1) is 6.92 Å². The van der Waals surface area contributed by atoms with Gasteiger partial charge in [0.05, 0.1) is 0 Å². The number of hydrogen-bond acceptors (Lipinski definition) is 5. The lowest BCUT2D eigenvalue weighted by Gasteiger charge is -2.23. The van der Waals surface area contributed by atoms with Gasteiger partial charge in [-0.3, -0.25) is 4.68 Å². The van der Waals surface area contributed by atoms with Crippen molar-refractivity contribution in [1.82, 2.24) is 14.8 Å². The highest BCUT2D eigenvalue weighted by Gasteiger charge is 2.17. The first-order valence-corrected chi connectivity index (χ1v) is 9.10. The molecule has 0 saturated carbocycles. The Bertz CT molecular complexity index is 731. The highest BCUT2D eigenvalue weighted by atomic mass is 16.5. The number of ether oxygens (including phenoxy) is 1. The molecule has 1 heterocycles. The summed E-state index contributed by atoms with van der Waals surface area (Å²) < 4.78 is 7.55. The second-order valence-corrected chi connectivity index (χ2v) is 7.46. The van der Waals surface area contributed by atoms with Crippen molar-refractivity contribution in [1.29, 1.82) is 0 Å². The number of benzene rings is 1. The minimum Gasteiger partial charge on any atom is -0.860 e. The van der Waals surface area contributed by atoms with Crippen LogP contribution in [0.3, 0.4) is 0 Å². The SMILES string of the molecule is CCc1cc(C(C)(C)C)cc(C)c1OCC([O-])=NCCCn1cncn1. The van der Waals surface area contributed by atoms with E-state index in [1.807, 2.05) is 6.92 Å². The van der Waals surface area contributed by atoms with Crippen molar-refractivity contribution in [3.8, 4) is 5.75 Å². The Hall–Kier alpha value is -2.37. The zero-order valence-corrected chi connectivity index (χ0v) is 16.5. The van der Waals surface area contributed by atoms with Crippen molar-refractivity contribution in [3.05, 3.63) is 41.5 Å². The molecule has 142 valence electrons. The summed E-state index contributed by atoms with van der Waals surface area (Å²) >= 11 is 0. The summed E-state index contributed by atoms with van der Waals surface area (Å²) in [6, 6.07) is 4.33. The van der Waals surface area contributed by atoms with Gasteiger partial charge in [0, 0.05) is 13.1 Å². The third kappa shape index (κ3) is 5.58. The van der Waals surface area contributed by atoms with Gasteiger partial charge < -0.3 is 14.8 Å². The lowest BCUT2D eigenvalue weighted by molar-refractivity contribution is -0.221. The summed E-state index contributed by atoms with van der Waals surface area (Å²) in [6.45, 7) is 11.9. The normalized spacial score (nSPS) is 12.4. The molecule has 0 bridgehead atoms. The number of aliphatic imine (C=N–C) groups is 1. The van der Waals surface area contributed by atoms with Crippen molar-refractivity contribution < 1.29 is 9.84 Å². The number of hydrogen-bond donors (Lipinski definition) is 0. The zero-order chi connectivity index (χ0) is 19.2. The molecular formula is C20H29N4O2-. The third-order valence-corrected chi connectivity index (χ3v) is 4.24. The minimum absolute atomic E-state index is 0.0218. The maximum Gasteiger partial charge on any atom is 0.137 e. The van der Waals surface area contributed by atoms with Crippen LogP contribution in [0.1, 0.15) is 50.8 Å². The van der Waals surface area contributed by atoms with Crippen LogP contribution in [0.4, 0.5) is 0 Å². The van der Waals surface area contributed by atoms with E-state index in [2.05, 4.69) is 54.9 Å². The summed E-state index contributed by atoms with van der Waals surface area (Å²) in [5, 5.41) is 16.0. The average Bonchev–Trinajstić information content (AvgIpc) is 3.09. The van der Waals surface area contributed by atoms with Crippen molar-refractivity contribution in [2.24, 2.45) is 4.99 Å². The van der Waals surface area contributed by atoms with E-state index in [9.17, 15) is 5.11 Å². The van der Waals surface area contributed by atoms with Gasteiger partial charge in [-0.1, -0.05) is 39.8 Å². The Morgan fingerprint density at radius 1 is 1.31 bits per heavy atom. The van der Waals surface area contributed by atoms with Gasteiger partial charge in [-0.25, -0.2) is 4.98 Å². The van der Waals surface area contributed by atoms with E-state index in [0.717, 1.165) is 29.7 Å². The quantitative estimate of drug-likeness (QED) is 0.413. The molecule has 1 aromatic heterocycles. The van der Waals surface area contributed by atoms with E-state index in [-0.39, 0.29) is 17.9 Å². The van der Waals surface area contributed by atoms with E-state index in [4.69, 9.17) is 4.74 Å². The van der Waals surface area contributed by atoms with E-state index in [0.29, 0.717) is 13.1 Å². The molecule has 0 spiro atoms.